The average Bonchev–Trinajstić information content (AvgIpc) is 1.65. The molecule has 0 bridgehead atoms. The number of unbranched alkanes of at least 4 members (excludes halogenated alkanes) is 2. The highest BCUT2D eigenvalue weighted by molar-refractivity contribution is 7.80. The number of carboxylic acid groups (broad SMARTS) is 5. The number of carbonyl (C=O) groups excluding carboxylic acids is 15. The molecule has 35 N–H and O–H groups in total. The number of nitrogens with one attached hydrogen (secondary N) is 17. The van der Waals surface area contributed by atoms with E-state index in [1.54, 1.807) is 6.07 Å². The van der Waals surface area contributed by atoms with E-state index in [9.17, 15) is 127 Å². The molecule has 14 atom stereocenters. The number of phenolic OH excluding ortho intramolecular Hbond substituents is 1. The summed E-state index contributed by atoms with van der Waals surface area (Å²) in [6.07, 6.45) is -6.64. The van der Waals surface area contributed by atoms with E-state index in [-0.39, 0.29) is 116 Å². The van der Waals surface area contributed by atoms with Crippen molar-refractivity contribution in [2.75, 3.05) is 50.8 Å². The first-order valence-corrected chi connectivity index (χ1v) is 42.7. The number of aromatic hydroxyl groups is 1. The summed E-state index contributed by atoms with van der Waals surface area (Å²) in [4.78, 5) is 273. The molecule has 50 nitrogen and oxygen atoms in total. The molecule has 1 fully saturated rings. The van der Waals surface area contributed by atoms with Gasteiger partial charge in [0.05, 0.1) is 19.4 Å². The number of hydrogen-bond acceptors (Lipinski definition) is 28. The van der Waals surface area contributed by atoms with Crippen molar-refractivity contribution in [3.8, 4) is 5.75 Å². The Bertz CT molecular complexity index is 4260. The summed E-state index contributed by atoms with van der Waals surface area (Å²) >= 11 is 8.36. The molecule has 0 unspecified atom stereocenters. The minimum absolute atomic E-state index is 0.00335. The van der Waals surface area contributed by atoms with Gasteiger partial charge in [0.2, 0.25) is 88.6 Å². The van der Waals surface area contributed by atoms with Gasteiger partial charge in [-0.15, -0.1) is 0 Å². The van der Waals surface area contributed by atoms with Crippen LogP contribution in [0.1, 0.15) is 140 Å². The van der Waals surface area contributed by atoms with Gasteiger partial charge in [-0.3, -0.25) is 102 Å². The second-order valence-corrected chi connectivity index (χ2v) is 30.8. The van der Waals surface area contributed by atoms with Crippen LogP contribution >= 0.6 is 25.3 Å². The SMILES string of the molecule is N=C(N)NCCC[C@H](NC(=O)[C@H](CCCNC(=N)N)NC(=O)[C@H](CCC(=O)O)NC(=O)[C@H](CS)NC(=O)[C@H](CC(=O)O)NC(=O)[C@H](CCCCN)NC(=O)[C@H](Cc1ccccc1)NC(=O)[C@H](CC(=O)O)NC(=O)[C@H](CS)NC(=O)[C@H](CCC(N)=O)NC(=O)[C@H](Cc1ccc(O)cc1)NC(=O)[C@@H]1CCCN1C(=O)[C@H](CCCCN)NC(=O)[C@H](CCC(=O)O)NC(=O)CN)C(=O)O. The quantitative estimate of drug-likeness (QED) is 0.0127. The maximum absolute atomic E-state index is 14.8. The molecule has 3 rings (SSSR count). The van der Waals surface area contributed by atoms with Gasteiger partial charge in [0.15, 0.2) is 11.9 Å². The summed E-state index contributed by atoms with van der Waals surface area (Å²) in [5.74, 6) is -26.9. The van der Waals surface area contributed by atoms with Crippen LogP contribution in [0.2, 0.25) is 0 Å². The second kappa shape index (κ2) is 59.0. The number of carbonyl (C=O) groups is 20. The van der Waals surface area contributed by atoms with Crippen molar-refractivity contribution in [3.63, 3.8) is 0 Å². The van der Waals surface area contributed by atoms with E-state index in [1.807, 2.05) is 0 Å². The van der Waals surface area contributed by atoms with Gasteiger partial charge >= 0.3 is 29.8 Å². The van der Waals surface area contributed by atoms with Crippen LogP contribution in [0.25, 0.3) is 0 Å². The van der Waals surface area contributed by atoms with Gasteiger partial charge in [0.1, 0.15) is 90.3 Å². The zero-order chi connectivity index (χ0) is 97.3. The standard InChI is InChI=1S/C78H120N24O26S2/c79-28-6-4-13-43(64(115)97-53(36-62(112)113)71(122)101-54(38-129)72(123)93-47(24-27-60(108)109)66(117)90-44(15-8-30-87-77(83)84)63(114)95-49(76(127)128)16-9-31-88-78(85)86)91-68(119)50(33-40-11-2-1-3-12-40)96-70(121)52(35-61(110)111)98-73(124)55(39-130)100-67(118)46(22-25-57(82)104)92-69(120)51(34-41-18-20-42(103)21-19-41)99-74(125)56-17-10-32-102(56)75(126)48(14-5-7-29-80)94-65(116)45(23-26-59(106)107)89-58(105)37-81/h1-3,11-12,18-21,43-56,103,129-130H,4-10,13-17,22-39,79-81H2,(H2,82,104)(H,89,105)(H,90,117)(H,91,119)(H,92,120)(H,93,123)(H,94,116)(H,95,114)(H,96,121)(H,97,115)(H,98,124)(H,99,125)(H,100,118)(H,101,122)(H,106,107)(H,108,109)(H,110,111)(H,112,113)(H,127,128)(H4,83,84,87)(H4,85,86,88)/t43-,44-,45-,46-,47-,48-,49-,50-,51-,52-,53-,54-,55-,56-/m0/s1. The lowest BCUT2D eigenvalue weighted by molar-refractivity contribution is -0.143. The lowest BCUT2D eigenvalue weighted by atomic mass is 10.0. The Morgan fingerprint density at radius 3 is 1.12 bits per heavy atom. The smallest absolute Gasteiger partial charge is 0.326 e. The summed E-state index contributed by atoms with van der Waals surface area (Å²) in [7, 11) is 0. The molecule has 2 aromatic carbocycles. The number of thiol groups is 2. The number of phenols is 1. The van der Waals surface area contributed by atoms with Crippen LogP contribution < -0.4 is 114 Å². The highest BCUT2D eigenvalue weighted by Crippen LogP contribution is 2.22. The van der Waals surface area contributed by atoms with Crippen molar-refractivity contribution >= 4 is 156 Å². The maximum Gasteiger partial charge on any atom is 0.326 e. The third-order valence-corrected chi connectivity index (χ3v) is 20.6. The molecule has 52 heteroatoms. The van der Waals surface area contributed by atoms with Crippen LogP contribution in [-0.4, -0.2) is 301 Å². The Labute approximate surface area is 756 Å². The zero-order valence-electron chi connectivity index (χ0n) is 71.1. The monoisotopic (exact) mass is 1870 g/mol. The van der Waals surface area contributed by atoms with E-state index in [1.165, 1.54) is 48.5 Å². The third-order valence-electron chi connectivity index (χ3n) is 19.9. The molecule has 720 valence electrons. The van der Waals surface area contributed by atoms with Crippen molar-refractivity contribution in [2.45, 2.75) is 226 Å². The van der Waals surface area contributed by atoms with Crippen molar-refractivity contribution in [2.24, 2.45) is 34.4 Å². The lowest BCUT2D eigenvalue weighted by Crippen LogP contribution is -2.61. The number of nitrogens with two attached hydrogens (primary N) is 6. The molecular formula is C78H120N24O26S2. The molecule has 1 heterocycles. The number of rotatable bonds is 63. The molecule has 2 aromatic rings. The van der Waals surface area contributed by atoms with E-state index >= 15 is 0 Å². The first-order valence-electron chi connectivity index (χ1n) is 41.5. The highest BCUT2D eigenvalue weighted by atomic mass is 32.1. The highest BCUT2D eigenvalue weighted by Gasteiger charge is 2.42. The number of carboxylic acids is 5. The topological polar surface area (TPSA) is 850 Å². The number of benzene rings is 2. The third kappa shape index (κ3) is 42.1. The molecule has 1 saturated heterocycles. The molecule has 0 aromatic heterocycles. The van der Waals surface area contributed by atoms with E-state index in [0.29, 0.717) is 17.5 Å². The number of aliphatic carboxylic acids is 5. The minimum atomic E-state index is -2.14. The summed E-state index contributed by atoms with van der Waals surface area (Å²) in [5.41, 5.74) is 33.8. The van der Waals surface area contributed by atoms with Gasteiger partial charge in [-0.1, -0.05) is 42.5 Å². The van der Waals surface area contributed by atoms with Crippen LogP contribution in [0.15, 0.2) is 54.6 Å². The molecular weight excluding hydrogens is 1750 g/mol. The number of primary amides is 1. The van der Waals surface area contributed by atoms with Crippen LogP contribution in [0, 0.1) is 10.8 Å². The summed E-state index contributed by atoms with van der Waals surface area (Å²) in [6, 6.07) is -11.2. The molecule has 1 aliphatic rings. The normalized spacial score (nSPS) is 15.1. The van der Waals surface area contributed by atoms with E-state index in [4.69, 9.17) is 45.2 Å². The van der Waals surface area contributed by atoms with Gasteiger partial charge in [0.25, 0.3) is 0 Å². The van der Waals surface area contributed by atoms with Gasteiger partial charge in [0, 0.05) is 63.2 Å². The second-order valence-electron chi connectivity index (χ2n) is 30.1. The molecule has 0 saturated carbocycles. The van der Waals surface area contributed by atoms with Crippen molar-refractivity contribution in [1.29, 1.82) is 10.8 Å². The Hall–Kier alpha value is -13.2. The Balaban J connectivity index is 1.98. The number of nitrogens with zero attached hydrogens (tertiary/aromatic N) is 1. The van der Waals surface area contributed by atoms with Gasteiger partial charge in [-0.2, -0.15) is 25.3 Å². The van der Waals surface area contributed by atoms with E-state index in [0.717, 1.165) is 4.90 Å². The Morgan fingerprint density at radius 1 is 0.385 bits per heavy atom. The fraction of sp³-hybridized carbons (Fsp3) is 0.564. The largest absolute Gasteiger partial charge is 0.508 e. The molecule has 15 amide bonds. The fourth-order valence-electron chi connectivity index (χ4n) is 13.0. The first-order chi connectivity index (χ1) is 61.5. The molecule has 1 aliphatic heterocycles. The average molecular weight is 1870 g/mol. The first kappa shape index (κ1) is 111. The number of likely N-dealkylation sites (tertiary alicyclic amines) is 1. The molecule has 130 heavy (non-hydrogen) atoms. The summed E-state index contributed by atoms with van der Waals surface area (Å²) in [6.45, 7) is -0.426. The maximum atomic E-state index is 14.8. The van der Waals surface area contributed by atoms with Gasteiger partial charge in [-0.05, 0) is 133 Å². The minimum Gasteiger partial charge on any atom is -0.508 e. The van der Waals surface area contributed by atoms with E-state index < -0.39 is 291 Å². The summed E-state index contributed by atoms with van der Waals surface area (Å²) < 4.78 is 0. The molecule has 0 radical (unpaired) electrons. The van der Waals surface area contributed by atoms with Crippen LogP contribution in [0.3, 0.4) is 0 Å². The predicted octanol–water partition coefficient (Wildman–Crippen LogP) is -8.90. The van der Waals surface area contributed by atoms with Crippen molar-refractivity contribution in [3.05, 3.63) is 65.7 Å². The molecule has 0 spiro atoms. The van der Waals surface area contributed by atoms with Gasteiger partial charge in [-0.25, -0.2) is 4.79 Å². The van der Waals surface area contributed by atoms with Crippen molar-refractivity contribution in [1.82, 2.24) is 84.7 Å². The Kier molecular flexibility index (Phi) is 50.3. The van der Waals surface area contributed by atoms with Gasteiger partial charge < -0.3 is 150 Å². The number of guanidine groups is 2. The number of amides is 15. The predicted molar refractivity (Wildman–Crippen MR) is 467 cm³/mol. The summed E-state index contributed by atoms with van der Waals surface area (Å²) in [5, 5.41) is 110. The number of hydrogen-bond donors (Lipinski definition) is 31. The van der Waals surface area contributed by atoms with Crippen LogP contribution in [0.4, 0.5) is 0 Å². The van der Waals surface area contributed by atoms with E-state index in [2.05, 4.69) is 105 Å². The van der Waals surface area contributed by atoms with Crippen molar-refractivity contribution < 1.29 is 127 Å². The molecule has 0 aliphatic carbocycles. The van der Waals surface area contributed by atoms with Crippen LogP contribution in [0.5, 0.6) is 5.75 Å². The lowest BCUT2D eigenvalue weighted by Gasteiger charge is -2.31. The zero-order valence-corrected chi connectivity index (χ0v) is 72.9. The fourth-order valence-corrected chi connectivity index (χ4v) is 13.6. The Morgan fingerprint density at radius 2 is 0.723 bits per heavy atom. The van der Waals surface area contributed by atoms with Crippen LogP contribution in [-0.2, 0) is 109 Å².